The van der Waals surface area contributed by atoms with Crippen LogP contribution in [0.1, 0.15) is 74.6 Å². The fourth-order valence-electron chi connectivity index (χ4n) is 4.78. The number of carbonyl (C=O) groups excluding carboxylic acids is 1. The molecule has 36 heavy (non-hydrogen) atoms. The zero-order valence-corrected chi connectivity index (χ0v) is 21.8. The third kappa shape index (κ3) is 5.53. The molecule has 1 saturated carbocycles. The van der Waals surface area contributed by atoms with Gasteiger partial charge >= 0.3 is 5.69 Å². The highest BCUT2D eigenvalue weighted by Gasteiger charge is 2.35. The van der Waals surface area contributed by atoms with E-state index >= 15 is 0 Å². The maximum absolute atomic E-state index is 13.7. The molecule has 2 aromatic rings. The molecule has 1 aromatic carbocycles. The minimum absolute atomic E-state index is 0.000201. The van der Waals surface area contributed by atoms with Crippen molar-refractivity contribution in [3.05, 3.63) is 34.0 Å². The van der Waals surface area contributed by atoms with Gasteiger partial charge in [-0.05, 0) is 58.6 Å². The van der Waals surface area contributed by atoms with E-state index in [0.717, 1.165) is 31.5 Å². The van der Waals surface area contributed by atoms with E-state index in [0.29, 0.717) is 68.9 Å². The lowest BCUT2D eigenvalue weighted by Crippen LogP contribution is -2.40. The number of likely N-dealkylation sites (tertiary alicyclic amines) is 1. The van der Waals surface area contributed by atoms with E-state index in [1.54, 1.807) is 19.2 Å². The Labute approximate surface area is 212 Å². The molecule has 2 heterocycles. The zero-order chi connectivity index (χ0) is 25.7. The van der Waals surface area contributed by atoms with E-state index in [4.69, 9.17) is 24.0 Å². The first kappa shape index (κ1) is 26.1. The second kappa shape index (κ2) is 11.8. The molecular formula is C26H38N4O6. The summed E-state index contributed by atoms with van der Waals surface area (Å²) in [5.74, 6) is 2.21. The molecule has 0 radical (unpaired) electrons. The lowest BCUT2D eigenvalue weighted by atomic mass is 9.96. The molecule has 198 valence electrons. The van der Waals surface area contributed by atoms with Crippen molar-refractivity contribution in [2.45, 2.75) is 65.0 Å². The number of nitrogens with zero attached hydrogens (tertiary/aromatic N) is 4. The number of hydrogen-bond donors (Lipinski definition) is 0. The third-order valence-electron chi connectivity index (χ3n) is 6.55. The van der Waals surface area contributed by atoms with E-state index in [2.05, 4.69) is 0 Å². The van der Waals surface area contributed by atoms with Crippen molar-refractivity contribution in [3.63, 3.8) is 0 Å². The van der Waals surface area contributed by atoms with Gasteiger partial charge in [0.2, 0.25) is 5.75 Å². The minimum atomic E-state index is -0.0937. The smallest absolute Gasteiger partial charge is 0.346 e. The molecule has 1 amide bonds. The first-order chi connectivity index (χ1) is 17.5. The van der Waals surface area contributed by atoms with Crippen LogP contribution in [0.25, 0.3) is 0 Å². The molecule has 0 N–H and O–H groups in total. The summed E-state index contributed by atoms with van der Waals surface area (Å²) in [6.07, 6.45) is 3.71. The quantitative estimate of drug-likeness (QED) is 0.440. The fourth-order valence-corrected chi connectivity index (χ4v) is 4.78. The summed E-state index contributed by atoms with van der Waals surface area (Å²) in [6.45, 7) is 9.04. The average molecular weight is 503 g/mol. The molecule has 1 aromatic heterocycles. The predicted octanol–water partition coefficient (Wildman–Crippen LogP) is 3.24. The van der Waals surface area contributed by atoms with E-state index in [9.17, 15) is 9.59 Å². The molecule has 1 aliphatic heterocycles. The highest BCUT2D eigenvalue weighted by atomic mass is 16.5. The average Bonchev–Trinajstić information content (AvgIpc) is 3.67. The molecule has 1 atom stereocenters. The van der Waals surface area contributed by atoms with Gasteiger partial charge in [0.1, 0.15) is 5.82 Å². The second-order valence-electron chi connectivity index (χ2n) is 9.15. The van der Waals surface area contributed by atoms with Crippen molar-refractivity contribution in [2.24, 2.45) is 0 Å². The van der Waals surface area contributed by atoms with Gasteiger partial charge in [-0.2, -0.15) is 5.10 Å². The predicted molar refractivity (Wildman–Crippen MR) is 134 cm³/mol. The lowest BCUT2D eigenvalue weighted by molar-refractivity contribution is 0.0702. The maximum atomic E-state index is 13.7. The Morgan fingerprint density at radius 1 is 1.03 bits per heavy atom. The van der Waals surface area contributed by atoms with Gasteiger partial charge in [0.05, 0.1) is 33.0 Å². The SMILES string of the molecule is CCOc1cc(C(=O)N2CCCC(c3nn(CCOC)c(=O)n3C3CC3)C2)cc(OCC)c1OCC. The van der Waals surface area contributed by atoms with E-state index in [1.807, 2.05) is 30.2 Å². The van der Waals surface area contributed by atoms with Gasteiger partial charge in [0.25, 0.3) is 5.91 Å². The number of hydrogen-bond acceptors (Lipinski definition) is 7. The van der Waals surface area contributed by atoms with Crippen molar-refractivity contribution >= 4 is 5.91 Å². The number of piperidine rings is 1. The first-order valence-corrected chi connectivity index (χ1v) is 13.1. The van der Waals surface area contributed by atoms with Crippen LogP contribution in [0.3, 0.4) is 0 Å². The van der Waals surface area contributed by atoms with Crippen LogP contribution < -0.4 is 19.9 Å². The van der Waals surface area contributed by atoms with Crippen LogP contribution in [-0.2, 0) is 11.3 Å². The molecule has 1 unspecified atom stereocenters. The summed E-state index contributed by atoms with van der Waals surface area (Å²) >= 11 is 0. The van der Waals surface area contributed by atoms with Gasteiger partial charge in [0.15, 0.2) is 11.5 Å². The summed E-state index contributed by atoms with van der Waals surface area (Å²) in [5, 5.41) is 4.70. The first-order valence-electron chi connectivity index (χ1n) is 13.1. The number of amides is 1. The van der Waals surface area contributed by atoms with Crippen molar-refractivity contribution < 1.29 is 23.7 Å². The monoisotopic (exact) mass is 502 g/mol. The van der Waals surface area contributed by atoms with Crippen LogP contribution >= 0.6 is 0 Å². The van der Waals surface area contributed by atoms with Gasteiger partial charge in [-0.3, -0.25) is 9.36 Å². The summed E-state index contributed by atoms with van der Waals surface area (Å²) < 4.78 is 25.9. The largest absolute Gasteiger partial charge is 0.490 e. The van der Waals surface area contributed by atoms with Crippen LogP contribution in [0, 0.1) is 0 Å². The van der Waals surface area contributed by atoms with Crippen molar-refractivity contribution in [1.29, 1.82) is 0 Å². The van der Waals surface area contributed by atoms with Crippen molar-refractivity contribution in [3.8, 4) is 17.2 Å². The third-order valence-corrected chi connectivity index (χ3v) is 6.55. The molecule has 0 bridgehead atoms. The van der Waals surface area contributed by atoms with Crippen LogP contribution in [0.4, 0.5) is 0 Å². The molecule has 2 fully saturated rings. The Kier molecular flexibility index (Phi) is 8.56. The molecule has 1 aliphatic carbocycles. The summed E-state index contributed by atoms with van der Waals surface area (Å²) in [6, 6.07) is 3.69. The topological polar surface area (TPSA) is 97.1 Å². The summed E-state index contributed by atoms with van der Waals surface area (Å²) in [4.78, 5) is 28.5. The van der Waals surface area contributed by atoms with E-state index in [1.165, 1.54) is 4.68 Å². The number of methoxy groups -OCH3 is 1. The molecule has 0 spiro atoms. The Balaban J connectivity index is 1.60. The van der Waals surface area contributed by atoms with Gasteiger partial charge in [-0.15, -0.1) is 0 Å². The number of ether oxygens (including phenoxy) is 4. The number of rotatable bonds is 12. The maximum Gasteiger partial charge on any atom is 0.346 e. The van der Waals surface area contributed by atoms with E-state index in [-0.39, 0.29) is 23.6 Å². The molecule has 1 saturated heterocycles. The molecule has 2 aliphatic rings. The fraction of sp³-hybridized carbons (Fsp3) is 0.654. The van der Waals surface area contributed by atoms with E-state index < -0.39 is 0 Å². The Morgan fingerprint density at radius 3 is 2.28 bits per heavy atom. The van der Waals surface area contributed by atoms with Crippen LogP contribution in [0.5, 0.6) is 17.2 Å². The number of benzene rings is 1. The lowest BCUT2D eigenvalue weighted by Gasteiger charge is -2.32. The molecular weight excluding hydrogens is 464 g/mol. The molecule has 4 rings (SSSR count). The Hall–Kier alpha value is -3.01. The van der Waals surface area contributed by atoms with Crippen LogP contribution in [0.15, 0.2) is 16.9 Å². The normalized spacial score (nSPS) is 17.8. The zero-order valence-electron chi connectivity index (χ0n) is 21.8. The Bertz CT molecular complexity index is 1080. The van der Waals surface area contributed by atoms with Gasteiger partial charge in [-0.1, -0.05) is 0 Å². The van der Waals surface area contributed by atoms with Gasteiger partial charge < -0.3 is 23.8 Å². The molecule has 10 nitrogen and oxygen atoms in total. The highest BCUT2D eigenvalue weighted by molar-refractivity contribution is 5.95. The number of carbonyl (C=O) groups is 1. The van der Waals surface area contributed by atoms with Gasteiger partial charge in [-0.25, -0.2) is 9.48 Å². The standard InChI is InChI=1S/C26H38N4O6/c1-5-34-21-15-19(16-22(35-6-2)23(21)36-7-3)25(31)28-12-8-9-18(17-28)24-27-29(13-14-33-4)26(32)30(24)20-10-11-20/h15-16,18,20H,5-14,17H2,1-4H3. The van der Waals surface area contributed by atoms with Crippen molar-refractivity contribution in [1.82, 2.24) is 19.2 Å². The van der Waals surface area contributed by atoms with Gasteiger partial charge in [0, 0.05) is 37.7 Å². The summed E-state index contributed by atoms with van der Waals surface area (Å²) in [5.41, 5.74) is 0.415. The summed E-state index contributed by atoms with van der Waals surface area (Å²) in [7, 11) is 1.61. The van der Waals surface area contributed by atoms with Crippen LogP contribution in [-0.4, -0.2) is 71.8 Å². The molecule has 10 heteroatoms. The highest BCUT2D eigenvalue weighted by Crippen LogP contribution is 2.40. The minimum Gasteiger partial charge on any atom is -0.490 e. The Morgan fingerprint density at radius 2 is 1.69 bits per heavy atom. The van der Waals surface area contributed by atoms with Crippen molar-refractivity contribution in [2.75, 3.05) is 46.6 Å². The van der Waals surface area contributed by atoms with Crippen LogP contribution in [0.2, 0.25) is 0 Å². The second-order valence-corrected chi connectivity index (χ2v) is 9.15. The number of aromatic nitrogens is 3.